The molecule has 0 amide bonds. The number of hydrogen-bond donors (Lipinski definition) is 0. The molecule has 0 aliphatic carbocycles. The van der Waals surface area contributed by atoms with Gasteiger partial charge in [0.2, 0.25) is 0 Å². The maximum absolute atomic E-state index is 9.36. The predicted molar refractivity (Wildman–Crippen MR) is 141 cm³/mol. The van der Waals surface area contributed by atoms with Crippen molar-refractivity contribution < 1.29 is 8.83 Å². The van der Waals surface area contributed by atoms with Gasteiger partial charge in [0, 0.05) is 32.7 Å². The Morgan fingerprint density at radius 3 is 1.31 bits per heavy atom. The summed E-state index contributed by atoms with van der Waals surface area (Å²) in [7, 11) is 0. The Kier molecular flexibility index (Phi) is 4.24. The van der Waals surface area contributed by atoms with Crippen LogP contribution in [0, 0.1) is 22.7 Å². The molecule has 7 aromatic rings. The first kappa shape index (κ1) is 20.1. The number of nitrogens with zero attached hydrogens (tertiary/aromatic N) is 2. The third-order valence-corrected chi connectivity index (χ3v) is 6.74. The highest BCUT2D eigenvalue weighted by Gasteiger charge is 2.19. The molecule has 0 fully saturated rings. The Bertz CT molecular complexity index is 1930. The maximum Gasteiger partial charge on any atom is 0.178 e. The fourth-order valence-corrected chi connectivity index (χ4v) is 5.08. The second kappa shape index (κ2) is 7.60. The summed E-state index contributed by atoms with van der Waals surface area (Å²) in [5.41, 5.74) is 7.84. The van der Waals surface area contributed by atoms with Gasteiger partial charge in [-0.1, -0.05) is 60.7 Å². The van der Waals surface area contributed by atoms with Crippen molar-refractivity contribution in [1.29, 1.82) is 10.5 Å². The Hall–Kier alpha value is -5.32. The Morgan fingerprint density at radius 2 is 0.861 bits per heavy atom. The van der Waals surface area contributed by atoms with Gasteiger partial charge in [-0.3, -0.25) is 0 Å². The molecule has 0 radical (unpaired) electrons. The van der Waals surface area contributed by atoms with Crippen LogP contribution in [0.1, 0.15) is 11.1 Å². The minimum absolute atomic E-state index is 0.605. The summed E-state index contributed by atoms with van der Waals surface area (Å²) < 4.78 is 13.0. The van der Waals surface area contributed by atoms with Crippen LogP contribution < -0.4 is 0 Å². The van der Waals surface area contributed by atoms with E-state index in [1.165, 1.54) is 0 Å². The molecule has 0 aliphatic heterocycles. The Morgan fingerprint density at radius 1 is 0.444 bits per heavy atom. The molecule has 5 aromatic carbocycles. The lowest BCUT2D eigenvalue weighted by atomic mass is 10.00. The zero-order chi connectivity index (χ0) is 24.2. The molecule has 4 heteroatoms. The van der Waals surface area contributed by atoms with Gasteiger partial charge in [0.05, 0.1) is 23.3 Å². The summed E-state index contributed by atoms with van der Waals surface area (Å²) in [4.78, 5) is 0. The second-order valence-electron chi connectivity index (χ2n) is 8.77. The van der Waals surface area contributed by atoms with E-state index in [1.54, 1.807) is 12.1 Å². The van der Waals surface area contributed by atoms with Crippen molar-refractivity contribution in [1.82, 2.24) is 0 Å². The molecule has 166 valence electrons. The van der Waals surface area contributed by atoms with Crippen LogP contribution in [-0.2, 0) is 0 Å². The van der Waals surface area contributed by atoms with Crippen LogP contribution in [0.2, 0.25) is 0 Å². The molecule has 0 spiro atoms. The van der Waals surface area contributed by atoms with Crippen LogP contribution in [0.4, 0.5) is 0 Å². The molecule has 0 unspecified atom stereocenters. The smallest absolute Gasteiger partial charge is 0.178 e. The molecule has 0 saturated heterocycles. The number of para-hydroxylation sites is 2. The third-order valence-electron chi connectivity index (χ3n) is 6.74. The average molecular weight is 460 g/mol. The van der Waals surface area contributed by atoms with Crippen molar-refractivity contribution in [3.05, 3.63) is 108 Å². The van der Waals surface area contributed by atoms with Crippen molar-refractivity contribution in [2.45, 2.75) is 0 Å². The molecule has 0 N–H and O–H groups in total. The molecule has 0 saturated carbocycles. The first-order valence-electron chi connectivity index (χ1n) is 11.6. The van der Waals surface area contributed by atoms with Crippen LogP contribution in [-0.4, -0.2) is 0 Å². The van der Waals surface area contributed by atoms with Crippen molar-refractivity contribution in [3.8, 4) is 34.4 Å². The predicted octanol–water partition coefficient (Wildman–Crippen LogP) is 8.56. The molecule has 0 atom stereocenters. The number of hydrogen-bond acceptors (Lipinski definition) is 4. The van der Waals surface area contributed by atoms with Gasteiger partial charge in [0.25, 0.3) is 0 Å². The minimum Gasteiger partial charge on any atom is -0.451 e. The zero-order valence-electron chi connectivity index (χ0n) is 18.9. The van der Waals surface area contributed by atoms with Gasteiger partial charge in [0.1, 0.15) is 11.2 Å². The van der Waals surface area contributed by atoms with Gasteiger partial charge in [-0.15, -0.1) is 0 Å². The van der Waals surface area contributed by atoms with E-state index in [2.05, 4.69) is 24.3 Å². The number of furan rings is 2. The first-order valence-corrected chi connectivity index (χ1v) is 11.6. The first-order chi connectivity index (χ1) is 17.7. The van der Waals surface area contributed by atoms with Gasteiger partial charge >= 0.3 is 0 Å². The molecule has 2 aromatic heterocycles. The standard InChI is InChI=1S/C32H16N2O2/c33-17-19-5-1-7-21(15-19)23-9-3-11-25-27-13-14-28-26-12-4-10-24(22-8-2-6-20(16-22)18-34)30(26)36-32(28)31(27)35-29(23)25/h1-16H. The highest BCUT2D eigenvalue weighted by atomic mass is 16.4. The van der Waals surface area contributed by atoms with Gasteiger partial charge in [-0.05, 0) is 47.5 Å². The van der Waals surface area contributed by atoms with E-state index in [0.29, 0.717) is 22.3 Å². The summed E-state index contributed by atoms with van der Waals surface area (Å²) in [6.45, 7) is 0. The van der Waals surface area contributed by atoms with E-state index in [0.717, 1.165) is 55.0 Å². The van der Waals surface area contributed by atoms with Crippen molar-refractivity contribution in [3.63, 3.8) is 0 Å². The number of benzene rings is 5. The van der Waals surface area contributed by atoms with E-state index in [4.69, 9.17) is 8.83 Å². The Labute approximate surface area is 205 Å². The lowest BCUT2D eigenvalue weighted by Gasteiger charge is -2.03. The molecular weight excluding hydrogens is 444 g/mol. The van der Waals surface area contributed by atoms with E-state index < -0.39 is 0 Å². The van der Waals surface area contributed by atoms with Gasteiger partial charge in [0.15, 0.2) is 11.2 Å². The highest BCUT2D eigenvalue weighted by Crippen LogP contribution is 2.43. The summed E-state index contributed by atoms with van der Waals surface area (Å²) in [6, 6.07) is 35.8. The number of fused-ring (bicyclic) bond motifs is 7. The zero-order valence-corrected chi connectivity index (χ0v) is 18.9. The number of rotatable bonds is 2. The lowest BCUT2D eigenvalue weighted by Crippen LogP contribution is -1.81. The van der Waals surface area contributed by atoms with Crippen molar-refractivity contribution >= 4 is 43.9 Å². The summed E-state index contributed by atoms with van der Waals surface area (Å²) in [6.07, 6.45) is 0. The minimum atomic E-state index is 0.605. The van der Waals surface area contributed by atoms with Gasteiger partial charge < -0.3 is 8.83 Å². The summed E-state index contributed by atoms with van der Waals surface area (Å²) >= 11 is 0. The topological polar surface area (TPSA) is 73.9 Å². The van der Waals surface area contributed by atoms with E-state index in [1.807, 2.05) is 72.8 Å². The normalized spacial score (nSPS) is 11.3. The van der Waals surface area contributed by atoms with Gasteiger partial charge in [-0.25, -0.2) is 0 Å². The van der Waals surface area contributed by atoms with E-state index in [-0.39, 0.29) is 0 Å². The largest absolute Gasteiger partial charge is 0.451 e. The van der Waals surface area contributed by atoms with Crippen LogP contribution >= 0.6 is 0 Å². The quantitative estimate of drug-likeness (QED) is 0.259. The van der Waals surface area contributed by atoms with Crippen LogP contribution in [0.15, 0.2) is 106 Å². The monoisotopic (exact) mass is 460 g/mol. The molecule has 36 heavy (non-hydrogen) atoms. The van der Waals surface area contributed by atoms with Gasteiger partial charge in [-0.2, -0.15) is 10.5 Å². The molecule has 4 nitrogen and oxygen atoms in total. The maximum atomic E-state index is 9.36. The summed E-state index contributed by atoms with van der Waals surface area (Å²) in [5, 5.41) is 22.7. The van der Waals surface area contributed by atoms with Crippen molar-refractivity contribution in [2.75, 3.05) is 0 Å². The lowest BCUT2D eigenvalue weighted by molar-refractivity contribution is 0.634. The SMILES string of the molecule is N#Cc1cccc(-c2cccc3c2oc2c3ccc3c4cccc(-c5cccc(C#N)c5)c4oc32)c1. The van der Waals surface area contributed by atoms with Crippen LogP contribution in [0.5, 0.6) is 0 Å². The van der Waals surface area contributed by atoms with Crippen LogP contribution in [0.3, 0.4) is 0 Å². The third kappa shape index (κ3) is 2.86. The molecular formula is C32H16N2O2. The number of nitriles is 2. The second-order valence-corrected chi connectivity index (χ2v) is 8.77. The molecule has 0 aliphatic rings. The molecule has 2 heterocycles. The van der Waals surface area contributed by atoms with Crippen molar-refractivity contribution in [2.24, 2.45) is 0 Å². The van der Waals surface area contributed by atoms with E-state index >= 15 is 0 Å². The fraction of sp³-hybridized carbons (Fsp3) is 0. The molecule has 0 bridgehead atoms. The van der Waals surface area contributed by atoms with Crippen LogP contribution in [0.25, 0.3) is 66.1 Å². The average Bonchev–Trinajstić information content (AvgIpc) is 3.51. The fourth-order valence-electron chi connectivity index (χ4n) is 5.08. The Balaban J connectivity index is 1.52. The highest BCUT2D eigenvalue weighted by molar-refractivity contribution is 6.21. The summed E-state index contributed by atoms with van der Waals surface area (Å²) in [5.74, 6) is 0. The van der Waals surface area contributed by atoms with E-state index in [9.17, 15) is 10.5 Å². The molecule has 7 rings (SSSR count).